The van der Waals surface area contributed by atoms with Crippen molar-refractivity contribution >= 4 is 40.9 Å². The lowest BCUT2D eigenvalue weighted by atomic mass is 9.85. The van der Waals surface area contributed by atoms with Crippen LogP contribution < -0.4 is 10.6 Å². The van der Waals surface area contributed by atoms with Crippen LogP contribution in [0.3, 0.4) is 0 Å². The molecule has 0 saturated heterocycles. The van der Waals surface area contributed by atoms with Gasteiger partial charge in [-0.3, -0.25) is 9.69 Å². The van der Waals surface area contributed by atoms with Crippen molar-refractivity contribution in [3.8, 4) is 0 Å². The second-order valence-electron chi connectivity index (χ2n) is 6.81. The summed E-state index contributed by atoms with van der Waals surface area (Å²) in [5, 5.41) is 15.6. The van der Waals surface area contributed by atoms with Crippen molar-refractivity contribution in [2.45, 2.75) is 37.8 Å². The van der Waals surface area contributed by atoms with E-state index in [0.717, 1.165) is 19.4 Å². The lowest BCUT2D eigenvalue weighted by Gasteiger charge is -2.42. The van der Waals surface area contributed by atoms with Gasteiger partial charge in [-0.15, -0.1) is 0 Å². The Morgan fingerprint density at radius 1 is 1.24 bits per heavy atom. The summed E-state index contributed by atoms with van der Waals surface area (Å²) in [5.74, 6) is -0.162. The number of nitrogens with one attached hydrogen (secondary N) is 2. The van der Waals surface area contributed by atoms with Crippen molar-refractivity contribution in [1.82, 2.24) is 10.2 Å². The van der Waals surface area contributed by atoms with Crippen molar-refractivity contribution in [3.05, 3.63) is 28.2 Å². The van der Waals surface area contributed by atoms with E-state index in [1.54, 1.807) is 18.2 Å². The van der Waals surface area contributed by atoms with E-state index in [1.165, 1.54) is 12.8 Å². The predicted molar refractivity (Wildman–Crippen MR) is 97.4 cm³/mol. The topological polar surface area (TPSA) is 81.7 Å². The SMILES string of the molecule is O=C(O)CN(CC1CC1)C1CC(NC(=O)Nc2cc(Cl)ccc2Cl)C1. The summed E-state index contributed by atoms with van der Waals surface area (Å²) in [7, 11) is 0. The van der Waals surface area contributed by atoms with Gasteiger partial charge >= 0.3 is 12.0 Å². The molecule has 0 bridgehead atoms. The van der Waals surface area contributed by atoms with Crippen LogP contribution in [0.2, 0.25) is 10.0 Å². The molecule has 1 aromatic rings. The molecule has 0 aromatic heterocycles. The second kappa shape index (κ2) is 7.81. The third-order valence-electron chi connectivity index (χ3n) is 4.67. The van der Waals surface area contributed by atoms with E-state index in [4.69, 9.17) is 28.3 Å². The maximum Gasteiger partial charge on any atom is 0.319 e. The minimum Gasteiger partial charge on any atom is -0.480 e. The molecule has 0 atom stereocenters. The van der Waals surface area contributed by atoms with Gasteiger partial charge in [0.2, 0.25) is 0 Å². The van der Waals surface area contributed by atoms with Gasteiger partial charge in [-0.25, -0.2) is 4.79 Å². The smallest absolute Gasteiger partial charge is 0.319 e. The van der Waals surface area contributed by atoms with Gasteiger partial charge in [0.05, 0.1) is 17.3 Å². The highest BCUT2D eigenvalue weighted by atomic mass is 35.5. The summed E-state index contributed by atoms with van der Waals surface area (Å²) in [4.78, 5) is 25.2. The standard InChI is InChI=1S/C17H21Cl2N3O3/c18-11-3-4-14(19)15(5-11)21-17(25)20-12-6-13(7-12)22(9-16(23)24)8-10-1-2-10/h3-5,10,12-13H,1-2,6-9H2,(H,23,24)(H2,20,21,25). The van der Waals surface area contributed by atoms with Crippen LogP contribution in [0.4, 0.5) is 10.5 Å². The Morgan fingerprint density at radius 2 is 1.96 bits per heavy atom. The molecule has 0 unspecified atom stereocenters. The van der Waals surface area contributed by atoms with Gasteiger partial charge in [0.25, 0.3) is 0 Å². The summed E-state index contributed by atoms with van der Waals surface area (Å²) in [6.45, 7) is 0.909. The number of benzene rings is 1. The number of amides is 2. The van der Waals surface area contributed by atoms with E-state index in [-0.39, 0.29) is 24.7 Å². The lowest BCUT2D eigenvalue weighted by Crippen LogP contribution is -2.55. The number of hydrogen-bond donors (Lipinski definition) is 3. The van der Waals surface area contributed by atoms with Gasteiger partial charge < -0.3 is 15.7 Å². The zero-order valence-corrected chi connectivity index (χ0v) is 15.2. The van der Waals surface area contributed by atoms with Crippen LogP contribution >= 0.6 is 23.2 Å². The number of carboxylic acids is 1. The average Bonchev–Trinajstić information content (AvgIpc) is 3.29. The van der Waals surface area contributed by atoms with Crippen LogP contribution in [-0.4, -0.2) is 47.2 Å². The van der Waals surface area contributed by atoms with Crippen molar-refractivity contribution < 1.29 is 14.7 Å². The lowest BCUT2D eigenvalue weighted by molar-refractivity contribution is -0.139. The number of hydrogen-bond acceptors (Lipinski definition) is 3. The first-order chi connectivity index (χ1) is 11.9. The molecule has 2 aliphatic carbocycles. The molecule has 3 N–H and O–H groups in total. The van der Waals surface area contributed by atoms with E-state index in [1.807, 2.05) is 4.90 Å². The highest BCUT2D eigenvalue weighted by Crippen LogP contribution is 2.34. The quantitative estimate of drug-likeness (QED) is 0.671. The maximum absolute atomic E-state index is 12.1. The molecular weight excluding hydrogens is 365 g/mol. The van der Waals surface area contributed by atoms with Crippen molar-refractivity contribution in [3.63, 3.8) is 0 Å². The molecule has 1 aromatic carbocycles. The van der Waals surface area contributed by atoms with Gasteiger partial charge in [-0.1, -0.05) is 23.2 Å². The van der Waals surface area contributed by atoms with Gasteiger partial charge in [0.15, 0.2) is 0 Å². The number of carbonyl (C=O) groups is 2. The first kappa shape index (κ1) is 18.3. The van der Waals surface area contributed by atoms with Crippen LogP contribution in [0.15, 0.2) is 18.2 Å². The highest BCUT2D eigenvalue weighted by Gasteiger charge is 2.37. The van der Waals surface area contributed by atoms with Gasteiger partial charge in [0, 0.05) is 23.7 Å². The number of nitrogens with zero attached hydrogens (tertiary/aromatic N) is 1. The second-order valence-corrected chi connectivity index (χ2v) is 7.65. The van der Waals surface area contributed by atoms with E-state index in [0.29, 0.717) is 21.7 Å². The molecule has 0 radical (unpaired) electrons. The highest BCUT2D eigenvalue weighted by molar-refractivity contribution is 6.35. The Labute approximate surface area is 156 Å². The summed E-state index contributed by atoms with van der Waals surface area (Å²) in [6, 6.07) is 4.80. The van der Waals surface area contributed by atoms with Gasteiger partial charge in [0.1, 0.15) is 0 Å². The molecule has 3 rings (SSSR count). The predicted octanol–water partition coefficient (Wildman–Crippen LogP) is 3.44. The van der Waals surface area contributed by atoms with E-state index in [2.05, 4.69) is 10.6 Å². The summed E-state index contributed by atoms with van der Waals surface area (Å²) in [5.41, 5.74) is 0.462. The molecule has 0 heterocycles. The van der Waals surface area contributed by atoms with Crippen LogP contribution in [0.25, 0.3) is 0 Å². The normalized spacial score (nSPS) is 22.4. The molecule has 25 heavy (non-hydrogen) atoms. The first-order valence-electron chi connectivity index (χ1n) is 8.39. The molecule has 6 nitrogen and oxygen atoms in total. The molecule has 0 aliphatic heterocycles. The molecule has 8 heteroatoms. The Morgan fingerprint density at radius 3 is 2.60 bits per heavy atom. The fourth-order valence-corrected chi connectivity index (χ4v) is 3.43. The molecule has 2 fully saturated rings. The number of carbonyl (C=O) groups excluding carboxylic acids is 1. The molecule has 0 spiro atoms. The molecule has 2 amide bonds. The van der Waals surface area contributed by atoms with Crippen molar-refractivity contribution in [1.29, 1.82) is 0 Å². The molecular formula is C17H21Cl2N3O3. The Hall–Kier alpha value is -1.50. The summed E-state index contributed by atoms with van der Waals surface area (Å²) < 4.78 is 0. The number of aliphatic carboxylic acids is 1. The van der Waals surface area contributed by atoms with Crippen LogP contribution in [0, 0.1) is 5.92 Å². The number of anilines is 1. The molecule has 2 aliphatic rings. The number of carboxylic acid groups (broad SMARTS) is 1. The molecule has 136 valence electrons. The van der Waals surface area contributed by atoms with Crippen LogP contribution in [0.5, 0.6) is 0 Å². The Kier molecular flexibility index (Phi) is 5.71. The number of rotatable bonds is 7. The molecule has 2 saturated carbocycles. The number of halogens is 2. The van der Waals surface area contributed by atoms with Gasteiger partial charge in [-0.2, -0.15) is 0 Å². The summed E-state index contributed by atoms with van der Waals surface area (Å²) >= 11 is 11.9. The third kappa shape index (κ3) is 5.23. The average molecular weight is 386 g/mol. The van der Waals surface area contributed by atoms with Crippen molar-refractivity contribution in [2.75, 3.05) is 18.4 Å². The fraction of sp³-hybridized carbons (Fsp3) is 0.529. The Bertz CT molecular complexity index is 661. The van der Waals surface area contributed by atoms with Crippen molar-refractivity contribution in [2.24, 2.45) is 5.92 Å². The third-order valence-corrected chi connectivity index (χ3v) is 5.23. The van der Waals surface area contributed by atoms with Gasteiger partial charge in [-0.05, 0) is 49.8 Å². The van der Waals surface area contributed by atoms with E-state index >= 15 is 0 Å². The van der Waals surface area contributed by atoms with Crippen LogP contribution in [0.1, 0.15) is 25.7 Å². The number of urea groups is 1. The minimum absolute atomic E-state index is 0.0402. The fourth-order valence-electron chi connectivity index (χ4n) is 3.09. The largest absolute Gasteiger partial charge is 0.480 e. The van der Waals surface area contributed by atoms with E-state index < -0.39 is 5.97 Å². The minimum atomic E-state index is -0.801. The summed E-state index contributed by atoms with van der Waals surface area (Å²) in [6.07, 6.45) is 3.90. The monoisotopic (exact) mass is 385 g/mol. The zero-order valence-electron chi connectivity index (χ0n) is 13.7. The first-order valence-corrected chi connectivity index (χ1v) is 9.14. The van der Waals surface area contributed by atoms with E-state index in [9.17, 15) is 9.59 Å². The zero-order chi connectivity index (χ0) is 18.0. The Balaban J connectivity index is 1.46. The van der Waals surface area contributed by atoms with Crippen LogP contribution in [-0.2, 0) is 4.79 Å². The maximum atomic E-state index is 12.1.